The lowest BCUT2D eigenvalue weighted by atomic mass is 10.0. The van der Waals surface area contributed by atoms with Crippen molar-refractivity contribution in [1.82, 2.24) is 0 Å². The molecule has 220 valence electrons. The zero-order valence-corrected chi connectivity index (χ0v) is 24.5. The molecule has 0 fully saturated rings. The normalized spacial score (nSPS) is 10.9. The van der Waals surface area contributed by atoms with E-state index in [1.165, 1.54) is 24.3 Å². The molecule has 44 heavy (non-hydrogen) atoms. The van der Waals surface area contributed by atoms with E-state index in [1.807, 2.05) is 13.0 Å². The van der Waals surface area contributed by atoms with Gasteiger partial charge in [-0.15, -0.1) is 6.42 Å². The first-order valence-electron chi connectivity index (χ1n) is 13.2. The summed E-state index contributed by atoms with van der Waals surface area (Å²) in [6, 6.07) is 29.3. The van der Waals surface area contributed by atoms with E-state index in [1.54, 1.807) is 79.9 Å². The second-order valence-corrected chi connectivity index (χ2v) is 11.0. The van der Waals surface area contributed by atoms with Crippen molar-refractivity contribution in [3.63, 3.8) is 0 Å². The van der Waals surface area contributed by atoms with E-state index in [4.69, 9.17) is 25.4 Å². The third kappa shape index (κ3) is 7.25. The van der Waals surface area contributed by atoms with Crippen molar-refractivity contribution in [2.24, 2.45) is 0 Å². The van der Waals surface area contributed by atoms with Crippen molar-refractivity contribution < 1.29 is 36.7 Å². The Hall–Kier alpha value is -5.56. The molecule has 5 aromatic rings. The Morgan fingerprint density at radius 3 is 1.70 bits per heavy atom. The highest BCUT2D eigenvalue weighted by atomic mass is 32.2. The maximum Gasteiger partial charge on any atom is 0.298 e. The average Bonchev–Trinajstić information content (AvgIpc) is 3.02. The summed E-state index contributed by atoms with van der Waals surface area (Å²) in [6.07, 6.45) is 5.49. The van der Waals surface area contributed by atoms with Crippen LogP contribution in [-0.4, -0.2) is 25.9 Å². The van der Waals surface area contributed by atoms with Crippen LogP contribution >= 0.6 is 0 Å². The van der Waals surface area contributed by atoms with Crippen molar-refractivity contribution in [2.75, 3.05) is 7.11 Å². The summed E-state index contributed by atoms with van der Waals surface area (Å²) in [4.78, 5) is 12.6. The number of rotatable bonds is 10. The Kier molecular flexibility index (Phi) is 8.67. The fourth-order valence-electron chi connectivity index (χ4n) is 4.29. The van der Waals surface area contributed by atoms with Gasteiger partial charge in [-0.1, -0.05) is 5.92 Å². The van der Waals surface area contributed by atoms with Crippen LogP contribution in [0.2, 0.25) is 0 Å². The predicted molar refractivity (Wildman–Crippen MR) is 165 cm³/mol. The molecule has 0 aromatic heterocycles. The summed E-state index contributed by atoms with van der Waals surface area (Å²) < 4.78 is 56.8. The van der Waals surface area contributed by atoms with Gasteiger partial charge >= 0.3 is 0 Å². The lowest BCUT2D eigenvalue weighted by molar-refractivity contribution is 0.103. The number of carbonyl (C=O) groups is 1. The first kappa shape index (κ1) is 29.9. The molecule has 5 rings (SSSR count). The van der Waals surface area contributed by atoms with Crippen LogP contribution < -0.4 is 18.9 Å². The van der Waals surface area contributed by atoms with Gasteiger partial charge in [-0.2, -0.15) is 8.42 Å². The number of benzene rings is 5. The lowest BCUT2D eigenvalue weighted by Gasteiger charge is -2.13. The molecule has 0 radical (unpaired) electrons. The molecule has 0 unspecified atom stereocenters. The number of carbonyl (C=O) groups excluding carboxylic acids is 1. The maximum atomic E-state index is 13.1. The van der Waals surface area contributed by atoms with Crippen molar-refractivity contribution in [3.05, 3.63) is 131 Å². The molecular weight excluding hydrogens is 580 g/mol. The number of hydrogen-bond acceptors (Lipinski definition) is 7. The van der Waals surface area contributed by atoms with Crippen LogP contribution in [0.15, 0.2) is 114 Å². The SMILES string of the molecule is C#Cc1cc(C)cc(Oc2ccc(Oc3ccc(C(=O)c4ccc(Oc5ccc(OC)cc5)cc4)cc3)c(S(=O)(=O)O)c2)c1. The van der Waals surface area contributed by atoms with Crippen molar-refractivity contribution in [3.8, 4) is 52.6 Å². The molecule has 0 spiro atoms. The molecule has 9 heteroatoms. The Bertz CT molecular complexity index is 1960. The summed E-state index contributed by atoms with van der Waals surface area (Å²) in [5.41, 5.74) is 2.31. The number of methoxy groups -OCH3 is 1. The summed E-state index contributed by atoms with van der Waals surface area (Å²) in [6.45, 7) is 1.85. The molecule has 0 atom stereocenters. The quantitative estimate of drug-likeness (QED) is 0.0973. The third-order valence-electron chi connectivity index (χ3n) is 6.40. The molecule has 5 aromatic carbocycles. The highest BCUT2D eigenvalue weighted by Crippen LogP contribution is 2.34. The molecule has 1 N–H and O–H groups in total. The van der Waals surface area contributed by atoms with Gasteiger partial charge in [0.1, 0.15) is 45.1 Å². The monoisotopic (exact) mass is 606 g/mol. The minimum absolute atomic E-state index is 0.125. The summed E-state index contributed by atoms with van der Waals surface area (Å²) >= 11 is 0. The highest BCUT2D eigenvalue weighted by molar-refractivity contribution is 7.86. The Labute approximate surface area is 255 Å². The van der Waals surface area contributed by atoms with E-state index >= 15 is 0 Å². The summed E-state index contributed by atoms with van der Waals surface area (Å²) in [7, 11) is -3.09. The Morgan fingerprint density at radius 1 is 0.659 bits per heavy atom. The van der Waals surface area contributed by atoms with Gasteiger partial charge in [0.05, 0.1) is 7.11 Å². The molecule has 0 bridgehead atoms. The summed E-state index contributed by atoms with van der Waals surface area (Å²) in [5, 5.41) is 0. The molecule has 0 aliphatic carbocycles. The molecule has 0 amide bonds. The number of ketones is 1. The van der Waals surface area contributed by atoms with E-state index in [-0.39, 0.29) is 23.0 Å². The summed E-state index contributed by atoms with van der Waals surface area (Å²) in [5.74, 6) is 4.91. The van der Waals surface area contributed by atoms with Crippen LogP contribution in [0.4, 0.5) is 0 Å². The van der Waals surface area contributed by atoms with Crippen LogP contribution in [0.25, 0.3) is 0 Å². The zero-order valence-electron chi connectivity index (χ0n) is 23.7. The standard InChI is InChI=1S/C35H26O8S/c1-4-24-19-23(2)20-32(21-24)42-31-17-18-33(34(22-31)44(37,38)39)43-30-11-7-26(8-12-30)35(36)25-5-9-28(10-6-25)41-29-15-13-27(40-3)14-16-29/h1,5-22H,2-3H3,(H,37,38,39). The van der Waals surface area contributed by atoms with E-state index in [0.717, 1.165) is 17.4 Å². The highest BCUT2D eigenvalue weighted by Gasteiger charge is 2.20. The largest absolute Gasteiger partial charge is 0.497 e. The molecular formula is C35H26O8S. The van der Waals surface area contributed by atoms with Gasteiger partial charge in [0.15, 0.2) is 5.78 Å². The Balaban J connectivity index is 1.28. The Morgan fingerprint density at radius 2 is 1.16 bits per heavy atom. The second-order valence-electron chi connectivity index (χ2n) is 9.62. The first-order valence-corrected chi connectivity index (χ1v) is 14.7. The fraction of sp³-hybridized carbons (Fsp3) is 0.0571. The topological polar surface area (TPSA) is 108 Å². The van der Waals surface area contributed by atoms with Gasteiger partial charge in [0, 0.05) is 22.8 Å². The van der Waals surface area contributed by atoms with Crippen LogP contribution in [-0.2, 0) is 10.1 Å². The van der Waals surface area contributed by atoms with Gasteiger partial charge in [-0.25, -0.2) is 0 Å². The number of hydrogen-bond donors (Lipinski definition) is 1. The third-order valence-corrected chi connectivity index (χ3v) is 7.28. The molecule has 0 saturated heterocycles. The van der Waals surface area contributed by atoms with Crippen molar-refractivity contribution in [2.45, 2.75) is 11.8 Å². The van der Waals surface area contributed by atoms with E-state index in [9.17, 15) is 17.8 Å². The van der Waals surface area contributed by atoms with E-state index in [2.05, 4.69) is 5.92 Å². The molecule has 0 aliphatic rings. The van der Waals surface area contributed by atoms with E-state index in [0.29, 0.717) is 33.9 Å². The smallest absolute Gasteiger partial charge is 0.298 e. The molecule has 0 heterocycles. The molecule has 8 nitrogen and oxygen atoms in total. The zero-order chi connectivity index (χ0) is 31.3. The van der Waals surface area contributed by atoms with Gasteiger partial charge in [0.2, 0.25) is 0 Å². The van der Waals surface area contributed by atoms with Crippen LogP contribution in [0.5, 0.6) is 40.2 Å². The van der Waals surface area contributed by atoms with E-state index < -0.39 is 15.0 Å². The number of terminal acetylenes is 1. The maximum absolute atomic E-state index is 13.1. The fourth-order valence-corrected chi connectivity index (χ4v) is 4.92. The lowest BCUT2D eigenvalue weighted by Crippen LogP contribution is -2.03. The van der Waals surface area contributed by atoms with Crippen LogP contribution in [0.3, 0.4) is 0 Å². The number of ether oxygens (including phenoxy) is 4. The second kappa shape index (κ2) is 12.8. The first-order chi connectivity index (χ1) is 21.1. The minimum Gasteiger partial charge on any atom is -0.497 e. The van der Waals surface area contributed by atoms with Crippen molar-refractivity contribution >= 4 is 15.9 Å². The molecule has 0 aliphatic heterocycles. The predicted octanol–water partition coefficient (Wildman–Crippen LogP) is 7.84. The van der Waals surface area contributed by atoms with Crippen LogP contribution in [0, 0.1) is 19.3 Å². The van der Waals surface area contributed by atoms with Gasteiger partial charge in [-0.05, 0) is 116 Å². The number of aryl methyl sites for hydroxylation is 1. The van der Waals surface area contributed by atoms with Gasteiger partial charge < -0.3 is 18.9 Å². The van der Waals surface area contributed by atoms with Gasteiger partial charge in [-0.3, -0.25) is 9.35 Å². The van der Waals surface area contributed by atoms with Crippen LogP contribution in [0.1, 0.15) is 27.0 Å². The average molecular weight is 607 g/mol. The molecule has 0 saturated carbocycles. The minimum atomic E-state index is -4.68. The van der Waals surface area contributed by atoms with Crippen molar-refractivity contribution in [1.29, 1.82) is 0 Å². The van der Waals surface area contributed by atoms with Gasteiger partial charge in [0.25, 0.3) is 10.1 Å².